The van der Waals surface area contributed by atoms with Gasteiger partial charge in [-0.3, -0.25) is 0 Å². The van der Waals surface area contributed by atoms with Crippen LogP contribution in [0.1, 0.15) is 22.3 Å². The number of rotatable bonds is 0. The summed E-state index contributed by atoms with van der Waals surface area (Å²) in [6.07, 6.45) is 0.250. The second-order valence-electron chi connectivity index (χ2n) is 0.165. The molecule has 0 aliphatic rings. The van der Waals surface area contributed by atoms with Crippen molar-refractivity contribution in [2.75, 3.05) is 0 Å². The van der Waals surface area contributed by atoms with Crippen molar-refractivity contribution >= 4 is 6.15 Å². The highest BCUT2D eigenvalue weighted by Crippen LogP contribution is 1.24. The molecule has 0 aromatic carbocycles. The lowest BCUT2D eigenvalue weighted by molar-refractivity contribution is -0.465. The fourth-order valence-electron chi connectivity index (χ4n) is 0. The first kappa shape index (κ1) is 60.1. The van der Waals surface area contributed by atoms with Crippen molar-refractivity contribution in [2.45, 2.75) is 22.3 Å². The molecule has 0 bridgehead atoms. The Morgan fingerprint density at radius 3 is 1.00 bits per heavy atom. The molecule has 68 valence electrons. The summed E-state index contributed by atoms with van der Waals surface area (Å²) in [4.78, 5) is 16.2. The van der Waals surface area contributed by atoms with Gasteiger partial charge in [0.1, 0.15) is 0 Å². The van der Waals surface area contributed by atoms with E-state index in [2.05, 4.69) is 5.04 Å². The molecule has 0 rings (SSSR count). The molecule has 6 nitrogen and oxygen atoms in total. The van der Waals surface area contributed by atoms with E-state index < -0.39 is 0 Å². The van der Waals surface area contributed by atoms with Crippen molar-refractivity contribution in [3.05, 3.63) is 0 Å². The van der Waals surface area contributed by atoms with Crippen molar-refractivity contribution in [3.8, 4) is 0 Å². The lowest BCUT2D eigenvalue weighted by atomic mass is 11.8. The molecule has 0 aromatic rings. The Hall–Kier alpha value is -0.780. The minimum absolute atomic E-state index is 0. The van der Waals surface area contributed by atoms with Crippen molar-refractivity contribution in [2.24, 2.45) is 0 Å². The molecule has 4 N–H and O–H groups in total. The second-order valence-corrected chi connectivity index (χ2v) is 0.165. The van der Waals surface area contributed by atoms with Gasteiger partial charge in [0, 0.05) is 0 Å². The molecule has 0 spiro atoms. The van der Waals surface area contributed by atoms with Gasteiger partial charge in [-0.25, -0.2) is 10.5 Å². The highest BCUT2D eigenvalue weighted by atomic mass is 17.4. The van der Waals surface area contributed by atoms with Crippen LogP contribution in [-0.2, 0) is 14.6 Å². The average molecular weight is 160 g/mol. The Morgan fingerprint density at radius 1 is 1.00 bits per heavy atom. The zero-order chi connectivity index (χ0) is 5.41. The van der Waals surface area contributed by atoms with Gasteiger partial charge in [-0.2, -0.15) is 9.59 Å². The molecule has 0 radical (unpaired) electrons. The Kier molecular flexibility index (Phi) is 1730. The zero-order valence-electron chi connectivity index (χ0n) is 3.12. The van der Waals surface area contributed by atoms with Crippen LogP contribution in [0.5, 0.6) is 0 Å². The summed E-state index contributed by atoms with van der Waals surface area (Å²) >= 11 is 0. The first-order chi connectivity index (χ1) is 2.83. The predicted octanol–water partition coefficient (Wildman–Crippen LogP) is 0.449. The molecular formula is C4H16O6. The molecule has 0 saturated carbocycles. The van der Waals surface area contributed by atoms with E-state index in [9.17, 15) is 0 Å². The van der Waals surface area contributed by atoms with Crippen LogP contribution in [0.4, 0.5) is 0 Å². The van der Waals surface area contributed by atoms with E-state index in [1.165, 1.54) is 0 Å². The third-order valence-electron chi connectivity index (χ3n) is 0. The van der Waals surface area contributed by atoms with Gasteiger partial charge >= 0.3 is 6.15 Å². The molecule has 0 aliphatic carbocycles. The fraction of sp³-hybridized carbons (Fsp3) is 0.750. The lowest BCUT2D eigenvalue weighted by Crippen LogP contribution is -1.60. The van der Waals surface area contributed by atoms with E-state index in [4.69, 9.17) is 20.1 Å². The van der Waals surface area contributed by atoms with Crippen LogP contribution in [0, 0.1) is 0 Å². The molecule has 0 aliphatic heterocycles. The van der Waals surface area contributed by atoms with E-state index in [0.29, 0.717) is 0 Å². The molecule has 0 amide bonds. The number of hydrogen-bond acceptors (Lipinski definition) is 5. The van der Waals surface area contributed by atoms with Gasteiger partial charge in [-0.15, -0.1) is 0 Å². The van der Waals surface area contributed by atoms with Crippen LogP contribution < -0.4 is 0 Å². The Labute approximate surface area is 60.2 Å². The summed E-state index contributed by atoms with van der Waals surface area (Å²) in [5.41, 5.74) is 0. The van der Waals surface area contributed by atoms with Crippen LogP contribution in [0.3, 0.4) is 0 Å². The molecule has 0 unspecified atom stereocenters. The molecule has 0 saturated heterocycles. The molecule has 0 atom stereocenters. The molecule has 0 aromatic heterocycles. The Bertz CT molecular complexity index is 39.0. The fourth-order valence-corrected chi connectivity index (χ4v) is 0. The third-order valence-corrected chi connectivity index (χ3v) is 0. The van der Waals surface area contributed by atoms with E-state index in [1.54, 1.807) is 0 Å². The SMILES string of the molecule is C.C.C.O.O=C=O.OOO. The maximum atomic E-state index is 8.12. The van der Waals surface area contributed by atoms with E-state index in [1.807, 2.05) is 0 Å². The van der Waals surface area contributed by atoms with Gasteiger partial charge in [0.2, 0.25) is 0 Å². The van der Waals surface area contributed by atoms with Crippen molar-refractivity contribution < 1.29 is 30.6 Å². The second kappa shape index (κ2) is 288. The quantitative estimate of drug-likeness (QED) is 0.394. The maximum absolute atomic E-state index is 8.12. The van der Waals surface area contributed by atoms with Crippen LogP contribution in [0.15, 0.2) is 0 Å². The first-order valence-corrected chi connectivity index (χ1v) is 0.773. The average Bonchev–Trinajstić information content (AvgIpc) is 1.39. The highest BCUT2D eigenvalue weighted by molar-refractivity contribution is 5.20. The van der Waals surface area contributed by atoms with Gasteiger partial charge < -0.3 is 5.48 Å². The van der Waals surface area contributed by atoms with Crippen molar-refractivity contribution in [1.29, 1.82) is 0 Å². The van der Waals surface area contributed by atoms with Gasteiger partial charge in [-0.05, 0) is 0 Å². The Balaban J connectivity index is -0.00000000571. The monoisotopic (exact) mass is 160 g/mol. The van der Waals surface area contributed by atoms with Crippen molar-refractivity contribution in [3.63, 3.8) is 0 Å². The normalized spacial score (nSPS) is 2.60. The molecule has 6 heteroatoms. The van der Waals surface area contributed by atoms with E-state index >= 15 is 0 Å². The predicted molar refractivity (Wildman–Crippen MR) is 35.2 cm³/mol. The van der Waals surface area contributed by atoms with E-state index in [-0.39, 0.29) is 33.9 Å². The van der Waals surface area contributed by atoms with Gasteiger partial charge in [0.25, 0.3) is 0 Å². The maximum Gasteiger partial charge on any atom is 0.373 e. The summed E-state index contributed by atoms with van der Waals surface area (Å²) in [5, 5.41) is 15.5. The van der Waals surface area contributed by atoms with Crippen LogP contribution in [0.2, 0.25) is 0 Å². The molecule has 0 fully saturated rings. The van der Waals surface area contributed by atoms with Crippen molar-refractivity contribution in [1.82, 2.24) is 0 Å². The Morgan fingerprint density at radius 2 is 1.00 bits per heavy atom. The summed E-state index contributed by atoms with van der Waals surface area (Å²) < 4.78 is 0. The summed E-state index contributed by atoms with van der Waals surface area (Å²) in [7, 11) is 0. The van der Waals surface area contributed by atoms with Crippen LogP contribution >= 0.6 is 0 Å². The van der Waals surface area contributed by atoms with Gasteiger partial charge in [0.15, 0.2) is 0 Å². The minimum atomic E-state index is 0. The highest BCUT2D eigenvalue weighted by Gasteiger charge is 1.27. The lowest BCUT2D eigenvalue weighted by Gasteiger charge is -1.56. The standard InChI is InChI=1S/CO2.3CH4.H2O3.H2O/c2-1-3;;;;1-3-2;/h;3*1H4;1-2H;1H2. The van der Waals surface area contributed by atoms with Crippen LogP contribution in [-0.4, -0.2) is 22.1 Å². The smallest absolute Gasteiger partial charge is 0.373 e. The molecule has 10 heavy (non-hydrogen) atoms. The summed E-state index contributed by atoms with van der Waals surface area (Å²) in [6, 6.07) is 0. The summed E-state index contributed by atoms with van der Waals surface area (Å²) in [6.45, 7) is 0. The third kappa shape index (κ3) is 459. The number of carbonyl (C=O) groups excluding carboxylic acids is 2. The van der Waals surface area contributed by atoms with Gasteiger partial charge in [0.05, 0.1) is 0 Å². The van der Waals surface area contributed by atoms with E-state index in [0.717, 1.165) is 0 Å². The number of hydrogen-bond donors (Lipinski definition) is 2. The first-order valence-electron chi connectivity index (χ1n) is 0.773. The van der Waals surface area contributed by atoms with Gasteiger partial charge in [-0.1, -0.05) is 27.3 Å². The zero-order valence-corrected chi connectivity index (χ0v) is 3.12. The molecular weight excluding hydrogens is 144 g/mol. The minimum Gasteiger partial charge on any atom is -0.412 e. The largest absolute Gasteiger partial charge is 0.412 e. The molecule has 0 heterocycles. The topological polar surface area (TPSA) is 115 Å². The van der Waals surface area contributed by atoms with Crippen LogP contribution in [0.25, 0.3) is 0 Å². The summed E-state index contributed by atoms with van der Waals surface area (Å²) in [5.74, 6) is 0.